The maximum Gasteiger partial charge on any atom is 0.269 e. The van der Waals surface area contributed by atoms with Crippen LogP contribution in [0, 0.1) is 5.92 Å². The van der Waals surface area contributed by atoms with Crippen LogP contribution in [0.2, 0.25) is 0 Å². The zero-order valence-corrected chi connectivity index (χ0v) is 19.6. The third-order valence-electron chi connectivity index (χ3n) is 4.46. The Bertz CT molecular complexity index is 900. The van der Waals surface area contributed by atoms with E-state index in [1.807, 2.05) is 0 Å². The molecule has 0 radical (unpaired) electrons. The van der Waals surface area contributed by atoms with Gasteiger partial charge < -0.3 is 9.47 Å². The SMILES string of the molecule is CCCCOc1cccc(C(=O)NC(=S)NNC(=O)c2ccc(OCCC(C)C)cc2)c1. The van der Waals surface area contributed by atoms with Gasteiger partial charge in [-0.05, 0) is 73.4 Å². The molecule has 0 fully saturated rings. The van der Waals surface area contributed by atoms with Gasteiger partial charge in [-0.2, -0.15) is 0 Å². The lowest BCUT2D eigenvalue weighted by atomic mass is 10.1. The number of carbonyl (C=O) groups excluding carboxylic acids is 2. The Morgan fingerprint density at radius 2 is 1.62 bits per heavy atom. The van der Waals surface area contributed by atoms with Gasteiger partial charge in [0, 0.05) is 11.1 Å². The van der Waals surface area contributed by atoms with Crippen molar-refractivity contribution in [3.8, 4) is 11.5 Å². The maximum absolute atomic E-state index is 12.4. The molecular formula is C24H31N3O4S. The molecule has 0 unspecified atom stereocenters. The van der Waals surface area contributed by atoms with Crippen molar-refractivity contribution in [2.75, 3.05) is 13.2 Å². The number of rotatable bonds is 10. The van der Waals surface area contributed by atoms with E-state index >= 15 is 0 Å². The van der Waals surface area contributed by atoms with Crippen LogP contribution >= 0.6 is 12.2 Å². The zero-order valence-electron chi connectivity index (χ0n) is 18.8. The fourth-order valence-corrected chi connectivity index (χ4v) is 2.71. The van der Waals surface area contributed by atoms with Crippen LogP contribution in [0.5, 0.6) is 11.5 Å². The number of thiocarbonyl (C=S) groups is 1. The first kappa shape index (κ1) is 25.1. The maximum atomic E-state index is 12.4. The van der Waals surface area contributed by atoms with Crippen molar-refractivity contribution in [1.82, 2.24) is 16.2 Å². The van der Waals surface area contributed by atoms with Crippen molar-refractivity contribution in [1.29, 1.82) is 0 Å². The molecule has 0 aromatic heterocycles. The summed E-state index contributed by atoms with van der Waals surface area (Å²) >= 11 is 5.10. The average Bonchev–Trinajstić information content (AvgIpc) is 2.78. The fourth-order valence-electron chi connectivity index (χ4n) is 2.57. The summed E-state index contributed by atoms with van der Waals surface area (Å²) in [5, 5.41) is 2.51. The number of hydrogen-bond donors (Lipinski definition) is 3. The highest BCUT2D eigenvalue weighted by molar-refractivity contribution is 7.80. The van der Waals surface area contributed by atoms with Crippen LogP contribution in [0.15, 0.2) is 48.5 Å². The monoisotopic (exact) mass is 457 g/mol. The molecule has 0 bridgehead atoms. The lowest BCUT2D eigenvalue weighted by molar-refractivity contribution is 0.0934. The number of hydrogen-bond acceptors (Lipinski definition) is 5. The van der Waals surface area contributed by atoms with Crippen molar-refractivity contribution < 1.29 is 19.1 Å². The molecule has 172 valence electrons. The van der Waals surface area contributed by atoms with Gasteiger partial charge in [-0.15, -0.1) is 0 Å². The van der Waals surface area contributed by atoms with E-state index < -0.39 is 5.91 Å². The van der Waals surface area contributed by atoms with E-state index in [-0.39, 0.29) is 11.0 Å². The molecule has 0 saturated carbocycles. The molecular weight excluding hydrogens is 426 g/mol. The first-order chi connectivity index (χ1) is 15.4. The number of nitrogens with one attached hydrogen (secondary N) is 3. The summed E-state index contributed by atoms with van der Waals surface area (Å²) in [6.07, 6.45) is 2.94. The summed E-state index contributed by atoms with van der Waals surface area (Å²) in [5.41, 5.74) is 5.84. The van der Waals surface area contributed by atoms with Crippen molar-refractivity contribution in [2.24, 2.45) is 5.92 Å². The molecule has 0 aliphatic rings. The molecule has 2 amide bonds. The normalized spacial score (nSPS) is 10.4. The molecule has 2 rings (SSSR count). The minimum absolute atomic E-state index is 0.0192. The van der Waals surface area contributed by atoms with Gasteiger partial charge in [0.25, 0.3) is 11.8 Å². The number of carbonyl (C=O) groups is 2. The van der Waals surface area contributed by atoms with Crippen molar-refractivity contribution >= 4 is 29.1 Å². The van der Waals surface area contributed by atoms with E-state index in [2.05, 4.69) is 36.9 Å². The van der Waals surface area contributed by atoms with E-state index in [0.717, 1.165) is 19.3 Å². The second kappa shape index (κ2) is 13.3. The molecule has 3 N–H and O–H groups in total. The first-order valence-electron chi connectivity index (χ1n) is 10.8. The molecule has 0 spiro atoms. The van der Waals surface area contributed by atoms with Crippen molar-refractivity contribution in [3.63, 3.8) is 0 Å². The molecule has 0 atom stereocenters. The Labute approximate surface area is 194 Å². The summed E-state index contributed by atoms with van der Waals surface area (Å²) in [6.45, 7) is 7.58. The van der Waals surface area contributed by atoms with Crippen LogP contribution in [-0.4, -0.2) is 30.1 Å². The van der Waals surface area contributed by atoms with Gasteiger partial charge in [-0.25, -0.2) is 0 Å². The summed E-state index contributed by atoms with van der Waals surface area (Å²) < 4.78 is 11.3. The number of amides is 2. The predicted molar refractivity (Wildman–Crippen MR) is 129 cm³/mol. The number of ether oxygens (including phenoxy) is 2. The standard InChI is InChI=1S/C24H31N3O4S/c1-4-5-14-30-21-8-6-7-19(16-21)22(28)25-24(32)27-26-23(29)18-9-11-20(12-10-18)31-15-13-17(2)3/h6-12,16-17H,4-5,13-15H2,1-3H3,(H,26,29)(H2,25,27,28,32). The van der Waals surface area contributed by atoms with Gasteiger partial charge >= 0.3 is 0 Å². The van der Waals surface area contributed by atoms with E-state index in [4.69, 9.17) is 21.7 Å². The molecule has 0 aliphatic carbocycles. The average molecular weight is 458 g/mol. The molecule has 0 heterocycles. The molecule has 0 saturated heterocycles. The first-order valence-corrected chi connectivity index (χ1v) is 11.2. The molecule has 8 heteroatoms. The van der Waals surface area contributed by atoms with Crippen LogP contribution in [0.3, 0.4) is 0 Å². The van der Waals surface area contributed by atoms with Gasteiger partial charge in [0.1, 0.15) is 11.5 Å². The summed E-state index contributed by atoms with van der Waals surface area (Å²) in [6, 6.07) is 13.6. The summed E-state index contributed by atoms with van der Waals surface area (Å²) in [5.74, 6) is 1.11. The van der Waals surface area contributed by atoms with Crippen LogP contribution < -0.4 is 25.6 Å². The Kier molecular flexibility index (Phi) is 10.5. The zero-order chi connectivity index (χ0) is 23.3. The fraction of sp³-hybridized carbons (Fsp3) is 0.375. The molecule has 7 nitrogen and oxygen atoms in total. The van der Waals surface area contributed by atoms with Gasteiger partial charge in [-0.1, -0.05) is 33.3 Å². The highest BCUT2D eigenvalue weighted by atomic mass is 32.1. The lowest BCUT2D eigenvalue weighted by Gasteiger charge is -2.12. The molecule has 2 aromatic rings. The van der Waals surface area contributed by atoms with Gasteiger partial charge in [0.15, 0.2) is 5.11 Å². The quantitative estimate of drug-likeness (QED) is 0.281. The lowest BCUT2D eigenvalue weighted by Crippen LogP contribution is -2.48. The van der Waals surface area contributed by atoms with Crippen LogP contribution in [0.25, 0.3) is 0 Å². The van der Waals surface area contributed by atoms with Gasteiger partial charge in [0.2, 0.25) is 0 Å². The topological polar surface area (TPSA) is 88.7 Å². The Morgan fingerprint density at radius 1 is 0.906 bits per heavy atom. The highest BCUT2D eigenvalue weighted by Crippen LogP contribution is 2.14. The number of unbranched alkanes of at least 4 members (excludes halogenated alkanes) is 1. The second-order valence-electron chi connectivity index (χ2n) is 7.65. The minimum Gasteiger partial charge on any atom is -0.494 e. The van der Waals surface area contributed by atoms with E-state index in [1.54, 1.807) is 48.5 Å². The van der Waals surface area contributed by atoms with Gasteiger partial charge in [-0.3, -0.25) is 25.8 Å². The third-order valence-corrected chi connectivity index (χ3v) is 4.66. The molecule has 32 heavy (non-hydrogen) atoms. The Balaban J connectivity index is 1.79. The number of benzene rings is 2. The van der Waals surface area contributed by atoms with E-state index in [0.29, 0.717) is 41.8 Å². The van der Waals surface area contributed by atoms with E-state index in [1.165, 1.54) is 0 Å². The van der Waals surface area contributed by atoms with E-state index in [9.17, 15) is 9.59 Å². The largest absolute Gasteiger partial charge is 0.494 e. The van der Waals surface area contributed by atoms with Gasteiger partial charge in [0.05, 0.1) is 13.2 Å². The Morgan fingerprint density at radius 3 is 2.31 bits per heavy atom. The summed E-state index contributed by atoms with van der Waals surface area (Å²) in [4.78, 5) is 24.7. The number of hydrazine groups is 1. The second-order valence-corrected chi connectivity index (χ2v) is 8.06. The Hall–Kier alpha value is -3.13. The van der Waals surface area contributed by atoms with Crippen LogP contribution in [0.1, 0.15) is 60.7 Å². The van der Waals surface area contributed by atoms with Crippen LogP contribution in [0.4, 0.5) is 0 Å². The summed E-state index contributed by atoms with van der Waals surface area (Å²) in [7, 11) is 0. The van der Waals surface area contributed by atoms with Crippen LogP contribution in [-0.2, 0) is 0 Å². The molecule has 2 aromatic carbocycles. The predicted octanol–water partition coefficient (Wildman–Crippen LogP) is 4.24. The minimum atomic E-state index is -0.402. The highest BCUT2D eigenvalue weighted by Gasteiger charge is 2.11. The van der Waals surface area contributed by atoms with Crippen molar-refractivity contribution in [3.05, 3.63) is 59.7 Å². The third kappa shape index (κ3) is 8.93. The smallest absolute Gasteiger partial charge is 0.269 e. The molecule has 0 aliphatic heterocycles. The van der Waals surface area contributed by atoms with Crippen molar-refractivity contribution in [2.45, 2.75) is 40.0 Å².